The molecule has 0 radical (unpaired) electrons. The first-order chi connectivity index (χ1) is 7.51. The van der Waals surface area contributed by atoms with Crippen LogP contribution in [0.3, 0.4) is 0 Å². The molecule has 0 aliphatic carbocycles. The Morgan fingerprint density at radius 3 is 2.62 bits per heavy atom. The van der Waals surface area contributed by atoms with E-state index in [4.69, 9.17) is 5.11 Å². The summed E-state index contributed by atoms with van der Waals surface area (Å²) < 4.78 is 0. The van der Waals surface area contributed by atoms with Gasteiger partial charge in [0.05, 0.1) is 18.6 Å². The number of carbonyl (C=O) groups is 2. The summed E-state index contributed by atoms with van der Waals surface area (Å²) >= 11 is 0. The average Bonchev–Trinajstić information content (AvgIpc) is 2.62. The fraction of sp³-hybridized carbons (Fsp3) is 0.818. The number of aliphatic hydroxyl groups excluding tert-OH is 1. The van der Waals surface area contributed by atoms with Crippen molar-refractivity contribution in [2.45, 2.75) is 32.7 Å². The number of hydrogen-bond donors (Lipinski definition) is 2. The van der Waals surface area contributed by atoms with Crippen LogP contribution in [0, 0.1) is 11.8 Å². The van der Waals surface area contributed by atoms with Crippen LogP contribution in [0.15, 0.2) is 0 Å². The Kier molecular flexibility index (Phi) is 4.29. The Balaban J connectivity index is 2.72. The van der Waals surface area contributed by atoms with Gasteiger partial charge < -0.3 is 15.1 Å². The van der Waals surface area contributed by atoms with Crippen molar-refractivity contribution in [3.05, 3.63) is 0 Å². The Bertz CT molecular complexity index is 279. The van der Waals surface area contributed by atoms with Crippen LogP contribution in [0.2, 0.25) is 0 Å². The van der Waals surface area contributed by atoms with E-state index < -0.39 is 11.9 Å². The van der Waals surface area contributed by atoms with Crippen molar-refractivity contribution in [3.63, 3.8) is 0 Å². The second-order valence-corrected chi connectivity index (χ2v) is 4.42. The monoisotopic (exact) mass is 229 g/mol. The van der Waals surface area contributed by atoms with E-state index >= 15 is 0 Å². The quantitative estimate of drug-likeness (QED) is 0.712. The molecule has 1 aliphatic rings. The second-order valence-electron chi connectivity index (χ2n) is 4.42. The van der Waals surface area contributed by atoms with E-state index in [2.05, 4.69) is 0 Å². The number of aliphatic hydroxyl groups is 1. The molecule has 0 aromatic rings. The highest BCUT2D eigenvalue weighted by molar-refractivity contribution is 5.86. The minimum absolute atomic E-state index is 0.0578. The smallest absolute Gasteiger partial charge is 0.308 e. The van der Waals surface area contributed by atoms with Crippen LogP contribution >= 0.6 is 0 Å². The van der Waals surface area contributed by atoms with E-state index in [0.29, 0.717) is 0 Å². The number of carboxylic acids is 1. The van der Waals surface area contributed by atoms with E-state index in [0.717, 1.165) is 6.42 Å². The predicted octanol–water partition coefficient (Wildman–Crippen LogP) is 0.326. The van der Waals surface area contributed by atoms with Crippen molar-refractivity contribution in [2.75, 3.05) is 13.2 Å². The molecular weight excluding hydrogens is 210 g/mol. The number of carboxylic acid groups (broad SMARTS) is 1. The third kappa shape index (κ3) is 2.52. The van der Waals surface area contributed by atoms with Crippen LogP contribution in [-0.4, -0.2) is 46.2 Å². The largest absolute Gasteiger partial charge is 0.481 e. The molecule has 1 unspecified atom stereocenters. The van der Waals surface area contributed by atoms with Gasteiger partial charge in [-0.05, 0) is 5.92 Å². The maximum Gasteiger partial charge on any atom is 0.308 e. The van der Waals surface area contributed by atoms with Crippen molar-refractivity contribution in [2.24, 2.45) is 11.8 Å². The minimum Gasteiger partial charge on any atom is -0.481 e. The van der Waals surface area contributed by atoms with Gasteiger partial charge in [-0.1, -0.05) is 20.3 Å². The van der Waals surface area contributed by atoms with Crippen LogP contribution < -0.4 is 0 Å². The molecular formula is C11H19NO4. The molecule has 1 fully saturated rings. The Morgan fingerprint density at radius 2 is 2.25 bits per heavy atom. The number of aliphatic carboxylic acids is 1. The predicted molar refractivity (Wildman–Crippen MR) is 57.8 cm³/mol. The molecule has 5 nitrogen and oxygen atoms in total. The molecule has 0 spiro atoms. The lowest BCUT2D eigenvalue weighted by atomic mass is 9.98. The first-order valence-electron chi connectivity index (χ1n) is 5.64. The van der Waals surface area contributed by atoms with Gasteiger partial charge in [0, 0.05) is 13.0 Å². The molecule has 1 amide bonds. The van der Waals surface area contributed by atoms with E-state index in [-0.39, 0.29) is 37.4 Å². The number of hydrogen-bond acceptors (Lipinski definition) is 3. The highest BCUT2D eigenvalue weighted by Gasteiger charge is 2.38. The van der Waals surface area contributed by atoms with Crippen molar-refractivity contribution < 1.29 is 19.8 Å². The molecule has 0 saturated carbocycles. The SMILES string of the molecule is CC[C@H](C)[C@@H](CO)N1CC(C(=O)O)CC1=O. The first-order valence-corrected chi connectivity index (χ1v) is 5.64. The molecule has 5 heteroatoms. The minimum atomic E-state index is -0.934. The normalized spacial score (nSPS) is 24.6. The van der Waals surface area contributed by atoms with Gasteiger partial charge in [-0.25, -0.2) is 0 Å². The number of likely N-dealkylation sites (tertiary alicyclic amines) is 1. The van der Waals surface area contributed by atoms with Crippen molar-refractivity contribution in [1.82, 2.24) is 4.90 Å². The molecule has 1 rings (SSSR count). The zero-order valence-electron chi connectivity index (χ0n) is 9.72. The Hall–Kier alpha value is -1.10. The highest BCUT2D eigenvalue weighted by atomic mass is 16.4. The lowest BCUT2D eigenvalue weighted by Crippen LogP contribution is -2.43. The molecule has 1 aliphatic heterocycles. The number of nitrogens with zero attached hydrogens (tertiary/aromatic N) is 1. The first kappa shape index (κ1) is 13.0. The van der Waals surface area contributed by atoms with Crippen molar-refractivity contribution in [1.29, 1.82) is 0 Å². The fourth-order valence-electron chi connectivity index (χ4n) is 2.08. The van der Waals surface area contributed by atoms with Crippen LogP contribution in [0.4, 0.5) is 0 Å². The topological polar surface area (TPSA) is 77.8 Å². The third-order valence-corrected chi connectivity index (χ3v) is 3.40. The van der Waals surface area contributed by atoms with Gasteiger partial charge in [0.25, 0.3) is 0 Å². The lowest BCUT2D eigenvalue weighted by Gasteiger charge is -2.30. The van der Waals surface area contributed by atoms with Crippen LogP contribution in [0.5, 0.6) is 0 Å². The zero-order chi connectivity index (χ0) is 12.3. The van der Waals surface area contributed by atoms with Gasteiger partial charge in [-0.3, -0.25) is 9.59 Å². The molecule has 3 atom stereocenters. The van der Waals surface area contributed by atoms with Gasteiger partial charge in [0.15, 0.2) is 0 Å². The van der Waals surface area contributed by atoms with Gasteiger partial charge in [0.2, 0.25) is 5.91 Å². The van der Waals surface area contributed by atoms with E-state index in [1.807, 2.05) is 13.8 Å². The Labute approximate surface area is 95.1 Å². The van der Waals surface area contributed by atoms with Crippen LogP contribution in [0.1, 0.15) is 26.7 Å². The maximum absolute atomic E-state index is 11.7. The lowest BCUT2D eigenvalue weighted by molar-refractivity contribution is -0.141. The summed E-state index contributed by atoms with van der Waals surface area (Å²) in [4.78, 5) is 24.0. The van der Waals surface area contributed by atoms with Gasteiger partial charge in [-0.2, -0.15) is 0 Å². The summed E-state index contributed by atoms with van der Waals surface area (Å²) in [5, 5.41) is 18.1. The van der Waals surface area contributed by atoms with Crippen molar-refractivity contribution >= 4 is 11.9 Å². The fourth-order valence-corrected chi connectivity index (χ4v) is 2.08. The molecule has 0 aromatic heterocycles. The molecule has 2 N–H and O–H groups in total. The summed E-state index contributed by atoms with van der Waals surface area (Å²) in [6.07, 6.45) is 0.912. The average molecular weight is 229 g/mol. The zero-order valence-corrected chi connectivity index (χ0v) is 9.72. The van der Waals surface area contributed by atoms with E-state index in [1.165, 1.54) is 4.90 Å². The number of carbonyl (C=O) groups excluding carboxylic acids is 1. The number of amides is 1. The number of rotatable bonds is 5. The van der Waals surface area contributed by atoms with E-state index in [9.17, 15) is 14.7 Å². The van der Waals surface area contributed by atoms with Gasteiger partial charge >= 0.3 is 5.97 Å². The summed E-state index contributed by atoms with van der Waals surface area (Å²) in [6.45, 7) is 4.07. The molecule has 92 valence electrons. The van der Waals surface area contributed by atoms with Gasteiger partial charge in [0.1, 0.15) is 0 Å². The maximum atomic E-state index is 11.7. The summed E-state index contributed by atoms with van der Waals surface area (Å²) in [5.41, 5.74) is 0. The van der Waals surface area contributed by atoms with E-state index in [1.54, 1.807) is 0 Å². The molecule has 1 saturated heterocycles. The molecule has 16 heavy (non-hydrogen) atoms. The summed E-state index contributed by atoms with van der Waals surface area (Å²) in [7, 11) is 0. The second kappa shape index (κ2) is 5.30. The molecule has 1 heterocycles. The van der Waals surface area contributed by atoms with Crippen LogP contribution in [-0.2, 0) is 9.59 Å². The van der Waals surface area contributed by atoms with Gasteiger partial charge in [-0.15, -0.1) is 0 Å². The standard InChI is InChI=1S/C11H19NO4/c1-3-7(2)9(6-13)12-5-8(11(15)16)4-10(12)14/h7-9,13H,3-6H2,1-2H3,(H,15,16)/t7-,8?,9+/m0/s1. The highest BCUT2D eigenvalue weighted by Crippen LogP contribution is 2.24. The molecule has 0 bridgehead atoms. The molecule has 0 aromatic carbocycles. The van der Waals surface area contributed by atoms with Crippen LogP contribution in [0.25, 0.3) is 0 Å². The van der Waals surface area contributed by atoms with Crippen molar-refractivity contribution in [3.8, 4) is 0 Å². The summed E-state index contributed by atoms with van der Waals surface area (Å²) in [5.74, 6) is -1.53. The Morgan fingerprint density at radius 1 is 1.62 bits per heavy atom. The third-order valence-electron chi connectivity index (χ3n) is 3.40. The summed E-state index contributed by atoms with van der Waals surface area (Å²) in [6, 6.07) is -0.248.